The summed E-state index contributed by atoms with van der Waals surface area (Å²) in [5.74, 6) is -2.83. The molecule has 1 aliphatic rings. The van der Waals surface area contributed by atoms with Crippen molar-refractivity contribution >= 4 is 5.78 Å². The Bertz CT molecular complexity index is 845. The van der Waals surface area contributed by atoms with Gasteiger partial charge in [-0.25, -0.2) is 13.8 Å². The second-order valence-corrected chi connectivity index (χ2v) is 5.93. The summed E-state index contributed by atoms with van der Waals surface area (Å²) in [6.07, 6.45) is -5.18. The summed E-state index contributed by atoms with van der Waals surface area (Å²) in [6.45, 7) is -2.17. The van der Waals surface area contributed by atoms with Crippen molar-refractivity contribution < 1.29 is 36.6 Å². The molecule has 4 nitrogen and oxygen atoms in total. The van der Waals surface area contributed by atoms with Gasteiger partial charge in [-0.3, -0.25) is 4.79 Å². The first-order valence-corrected chi connectivity index (χ1v) is 7.44. The van der Waals surface area contributed by atoms with Crippen LogP contribution in [0.1, 0.15) is 16.1 Å². The maximum atomic E-state index is 13.6. The van der Waals surface area contributed by atoms with E-state index in [1.165, 1.54) is 12.1 Å². The van der Waals surface area contributed by atoms with Crippen LogP contribution < -0.4 is 4.74 Å². The van der Waals surface area contributed by atoms with Gasteiger partial charge in [-0.05, 0) is 30.3 Å². The van der Waals surface area contributed by atoms with Crippen LogP contribution in [0.4, 0.5) is 22.0 Å². The van der Waals surface area contributed by atoms with Crippen molar-refractivity contribution in [3.63, 3.8) is 0 Å². The molecule has 1 unspecified atom stereocenters. The molecule has 2 aromatic rings. The molecule has 26 heavy (non-hydrogen) atoms. The Labute approximate surface area is 144 Å². The van der Waals surface area contributed by atoms with E-state index in [0.29, 0.717) is 0 Å². The molecule has 1 aliphatic heterocycles. The number of halogens is 5. The quantitative estimate of drug-likeness (QED) is 0.661. The highest BCUT2D eigenvalue weighted by molar-refractivity contribution is 5.99. The van der Waals surface area contributed by atoms with E-state index >= 15 is 0 Å². The van der Waals surface area contributed by atoms with Crippen LogP contribution in [0.5, 0.6) is 5.75 Å². The number of aliphatic hydroxyl groups excluding tert-OH is 1. The summed E-state index contributed by atoms with van der Waals surface area (Å²) in [6, 6.07) is 5.41. The van der Waals surface area contributed by atoms with Gasteiger partial charge in [0.15, 0.2) is 0 Å². The Kier molecular flexibility index (Phi) is 4.43. The van der Waals surface area contributed by atoms with E-state index in [9.17, 15) is 31.9 Å². The molecule has 2 heterocycles. The molecule has 1 aromatic heterocycles. The number of carbonyl (C=O) groups is 1. The zero-order chi connectivity index (χ0) is 19.1. The minimum absolute atomic E-state index is 0.0398. The molecule has 0 amide bonds. The predicted octanol–water partition coefficient (Wildman–Crippen LogP) is 3.22. The standard InChI is InChI=1S/C17H12F5NO3/c18-6-16(7-24)8-26-14-11(16)5-12(15(25)17(20,21)22)23-13(14)9-1-3-10(19)4-2-9/h1-5,24H,6-8H2. The molecule has 9 heteroatoms. The first kappa shape index (κ1) is 18.2. The number of Topliss-reactive ketones (excluding diaryl/α,β-unsaturated/α-hetero) is 1. The molecular weight excluding hydrogens is 361 g/mol. The Hall–Kier alpha value is -2.55. The Morgan fingerprint density at radius 2 is 1.92 bits per heavy atom. The van der Waals surface area contributed by atoms with Crippen molar-refractivity contribution in [3.8, 4) is 17.0 Å². The number of nitrogens with zero attached hydrogens (tertiary/aromatic N) is 1. The van der Waals surface area contributed by atoms with Crippen LogP contribution in [0.2, 0.25) is 0 Å². The zero-order valence-electron chi connectivity index (χ0n) is 13.1. The van der Waals surface area contributed by atoms with E-state index in [-0.39, 0.29) is 29.2 Å². The van der Waals surface area contributed by atoms with Gasteiger partial charge in [0, 0.05) is 11.1 Å². The van der Waals surface area contributed by atoms with Crippen molar-refractivity contribution in [2.45, 2.75) is 11.6 Å². The highest BCUT2D eigenvalue weighted by atomic mass is 19.4. The van der Waals surface area contributed by atoms with Crippen LogP contribution in [0.15, 0.2) is 30.3 Å². The first-order chi connectivity index (χ1) is 12.2. The third kappa shape index (κ3) is 2.92. The Morgan fingerprint density at radius 1 is 1.27 bits per heavy atom. The summed E-state index contributed by atoms with van der Waals surface area (Å²) in [7, 11) is 0. The van der Waals surface area contributed by atoms with Gasteiger partial charge in [0.1, 0.15) is 36.2 Å². The number of hydrogen-bond acceptors (Lipinski definition) is 4. The van der Waals surface area contributed by atoms with E-state index in [1.54, 1.807) is 0 Å². The number of aromatic nitrogens is 1. The highest BCUT2D eigenvalue weighted by Crippen LogP contribution is 2.45. The van der Waals surface area contributed by atoms with Gasteiger partial charge in [0.05, 0.1) is 12.0 Å². The van der Waals surface area contributed by atoms with Gasteiger partial charge in [-0.15, -0.1) is 0 Å². The lowest BCUT2D eigenvalue weighted by Crippen LogP contribution is -2.35. The number of aliphatic hydroxyl groups is 1. The van der Waals surface area contributed by atoms with Crippen molar-refractivity contribution in [2.75, 3.05) is 19.9 Å². The molecule has 0 radical (unpaired) electrons. The molecule has 138 valence electrons. The lowest BCUT2D eigenvalue weighted by Gasteiger charge is -2.21. The van der Waals surface area contributed by atoms with E-state index in [1.807, 2.05) is 0 Å². The zero-order valence-corrected chi connectivity index (χ0v) is 13.1. The molecule has 0 saturated heterocycles. The molecule has 0 bridgehead atoms. The van der Waals surface area contributed by atoms with Gasteiger partial charge in [-0.1, -0.05) is 0 Å². The smallest absolute Gasteiger partial charge is 0.456 e. The van der Waals surface area contributed by atoms with Crippen molar-refractivity contribution in [2.24, 2.45) is 0 Å². The average Bonchev–Trinajstić information content (AvgIpc) is 2.99. The second-order valence-electron chi connectivity index (χ2n) is 5.93. The number of carbonyl (C=O) groups excluding carboxylic acids is 1. The first-order valence-electron chi connectivity index (χ1n) is 7.44. The normalized spacial score (nSPS) is 19.2. The fraction of sp³-hybridized carbons (Fsp3) is 0.294. The number of hydrogen-bond donors (Lipinski definition) is 1. The lowest BCUT2D eigenvalue weighted by molar-refractivity contribution is -0.0888. The monoisotopic (exact) mass is 373 g/mol. The van der Waals surface area contributed by atoms with Crippen LogP contribution in [0.25, 0.3) is 11.3 Å². The summed E-state index contributed by atoms with van der Waals surface area (Å²) in [5.41, 5.74) is -2.59. The fourth-order valence-electron chi connectivity index (χ4n) is 2.71. The molecule has 0 saturated carbocycles. The molecule has 1 N–H and O–H groups in total. The highest BCUT2D eigenvalue weighted by Gasteiger charge is 2.46. The second kappa shape index (κ2) is 6.31. The number of ether oxygens (including phenoxy) is 1. The SMILES string of the molecule is O=C(c1cc2c(c(-c3ccc(F)cc3)n1)OCC2(CO)CF)C(F)(F)F. The number of rotatable bonds is 4. The van der Waals surface area contributed by atoms with Crippen LogP contribution >= 0.6 is 0 Å². The van der Waals surface area contributed by atoms with E-state index in [4.69, 9.17) is 4.74 Å². The van der Waals surface area contributed by atoms with Gasteiger partial charge < -0.3 is 9.84 Å². The molecule has 1 atom stereocenters. The maximum absolute atomic E-state index is 13.6. The molecule has 0 fully saturated rings. The number of alkyl halides is 4. The van der Waals surface area contributed by atoms with Gasteiger partial charge in [0.2, 0.25) is 0 Å². The van der Waals surface area contributed by atoms with Crippen molar-refractivity contribution in [1.82, 2.24) is 4.98 Å². The summed E-state index contributed by atoms with van der Waals surface area (Å²) >= 11 is 0. The Morgan fingerprint density at radius 3 is 2.46 bits per heavy atom. The molecule has 3 rings (SSSR count). The third-order valence-corrected chi connectivity index (χ3v) is 4.20. The minimum atomic E-state index is -5.18. The van der Waals surface area contributed by atoms with Gasteiger partial charge >= 0.3 is 6.18 Å². The number of pyridine rings is 1. The van der Waals surface area contributed by atoms with Crippen LogP contribution in [-0.2, 0) is 5.41 Å². The molecule has 0 spiro atoms. The average molecular weight is 373 g/mol. The number of ketones is 1. The minimum Gasteiger partial charge on any atom is -0.490 e. The van der Waals surface area contributed by atoms with Crippen LogP contribution in [0.3, 0.4) is 0 Å². The molecule has 1 aromatic carbocycles. The third-order valence-electron chi connectivity index (χ3n) is 4.20. The topological polar surface area (TPSA) is 59.4 Å². The summed E-state index contributed by atoms with van der Waals surface area (Å²) in [4.78, 5) is 15.4. The van der Waals surface area contributed by atoms with Crippen molar-refractivity contribution in [3.05, 3.63) is 47.4 Å². The lowest BCUT2D eigenvalue weighted by atomic mass is 9.83. The van der Waals surface area contributed by atoms with Gasteiger partial charge in [-0.2, -0.15) is 13.2 Å². The maximum Gasteiger partial charge on any atom is 0.456 e. The van der Waals surface area contributed by atoms with E-state index in [2.05, 4.69) is 4.98 Å². The molecular formula is C17H12F5NO3. The Balaban J connectivity index is 2.26. The van der Waals surface area contributed by atoms with Gasteiger partial charge in [0.25, 0.3) is 5.78 Å². The van der Waals surface area contributed by atoms with Crippen LogP contribution in [-0.4, -0.2) is 41.9 Å². The summed E-state index contributed by atoms with van der Waals surface area (Å²) in [5, 5.41) is 9.55. The predicted molar refractivity (Wildman–Crippen MR) is 80.3 cm³/mol. The molecule has 0 aliphatic carbocycles. The summed E-state index contributed by atoms with van der Waals surface area (Å²) < 4.78 is 70.6. The largest absolute Gasteiger partial charge is 0.490 e. The van der Waals surface area contributed by atoms with E-state index in [0.717, 1.165) is 18.2 Å². The van der Waals surface area contributed by atoms with Crippen LogP contribution in [0, 0.1) is 5.82 Å². The van der Waals surface area contributed by atoms with E-state index < -0.39 is 42.2 Å². The number of fused-ring (bicyclic) bond motifs is 1. The van der Waals surface area contributed by atoms with Crippen molar-refractivity contribution in [1.29, 1.82) is 0 Å². The number of benzene rings is 1. The fourth-order valence-corrected chi connectivity index (χ4v) is 2.71.